The van der Waals surface area contributed by atoms with E-state index in [1.807, 2.05) is 18.2 Å². The summed E-state index contributed by atoms with van der Waals surface area (Å²) in [6.07, 6.45) is 2.24. The normalized spacial score (nSPS) is 15.2. The SMILES string of the molecule is CCOC(=O)[C@@H]1CCCN(C(=O)c2csc(CN(CCc3ccc(OC)c(OC)c3)Cc3ccc(F)cc3)n2)C1. The van der Waals surface area contributed by atoms with Crippen LogP contribution >= 0.6 is 11.3 Å². The Morgan fingerprint density at radius 1 is 1.07 bits per heavy atom. The third-order valence-corrected chi connectivity index (χ3v) is 7.78. The van der Waals surface area contributed by atoms with Crippen molar-refractivity contribution in [3.8, 4) is 11.5 Å². The Kier molecular flexibility index (Phi) is 10.5. The third-order valence-electron chi connectivity index (χ3n) is 6.94. The summed E-state index contributed by atoms with van der Waals surface area (Å²) in [7, 11) is 3.23. The molecule has 40 heavy (non-hydrogen) atoms. The first kappa shape index (κ1) is 29.5. The van der Waals surface area contributed by atoms with E-state index >= 15 is 0 Å². The zero-order valence-corrected chi connectivity index (χ0v) is 24.0. The molecule has 0 spiro atoms. The lowest BCUT2D eigenvalue weighted by atomic mass is 9.98. The summed E-state index contributed by atoms with van der Waals surface area (Å²) in [4.78, 5) is 34.0. The Hall–Kier alpha value is -3.50. The van der Waals surface area contributed by atoms with Crippen LogP contribution in [0.15, 0.2) is 47.8 Å². The first-order valence-corrected chi connectivity index (χ1v) is 14.4. The first-order valence-electron chi connectivity index (χ1n) is 13.5. The number of methoxy groups -OCH3 is 2. The van der Waals surface area contributed by atoms with Gasteiger partial charge >= 0.3 is 5.97 Å². The van der Waals surface area contributed by atoms with Crippen LogP contribution in [0.4, 0.5) is 4.39 Å². The number of benzene rings is 2. The van der Waals surface area contributed by atoms with Crippen molar-refractivity contribution in [1.29, 1.82) is 0 Å². The summed E-state index contributed by atoms with van der Waals surface area (Å²) in [5, 5.41) is 2.60. The number of hydrogen-bond donors (Lipinski definition) is 0. The van der Waals surface area contributed by atoms with Crippen LogP contribution in [0.25, 0.3) is 0 Å². The number of aromatic nitrogens is 1. The minimum Gasteiger partial charge on any atom is -0.493 e. The van der Waals surface area contributed by atoms with E-state index < -0.39 is 0 Å². The summed E-state index contributed by atoms with van der Waals surface area (Å²) < 4.78 is 29.5. The van der Waals surface area contributed by atoms with E-state index in [2.05, 4.69) is 9.88 Å². The second-order valence-electron chi connectivity index (χ2n) is 9.75. The lowest BCUT2D eigenvalue weighted by Crippen LogP contribution is -2.43. The van der Waals surface area contributed by atoms with Gasteiger partial charge in [0, 0.05) is 31.6 Å². The molecule has 0 radical (unpaired) electrons. The van der Waals surface area contributed by atoms with Gasteiger partial charge in [-0.2, -0.15) is 0 Å². The molecule has 8 nitrogen and oxygen atoms in total. The minimum atomic E-state index is -0.293. The number of hydrogen-bond acceptors (Lipinski definition) is 8. The van der Waals surface area contributed by atoms with E-state index in [1.54, 1.807) is 43.6 Å². The van der Waals surface area contributed by atoms with E-state index in [0.29, 0.717) is 56.5 Å². The van der Waals surface area contributed by atoms with Gasteiger partial charge in [0.25, 0.3) is 5.91 Å². The Balaban J connectivity index is 1.44. The van der Waals surface area contributed by atoms with E-state index in [1.165, 1.54) is 23.5 Å². The second-order valence-corrected chi connectivity index (χ2v) is 10.7. The highest BCUT2D eigenvalue weighted by molar-refractivity contribution is 7.09. The molecule has 0 saturated carbocycles. The Morgan fingerprint density at radius 3 is 2.55 bits per heavy atom. The molecular formula is C30H36FN3O5S. The highest BCUT2D eigenvalue weighted by atomic mass is 32.1. The molecule has 10 heteroatoms. The van der Waals surface area contributed by atoms with Crippen molar-refractivity contribution < 1.29 is 28.2 Å². The number of piperidine rings is 1. The average molecular weight is 570 g/mol. The number of halogens is 1. The minimum absolute atomic E-state index is 0.160. The predicted molar refractivity (Wildman–Crippen MR) is 151 cm³/mol. The van der Waals surface area contributed by atoms with E-state index in [4.69, 9.17) is 14.2 Å². The molecular weight excluding hydrogens is 533 g/mol. The summed E-state index contributed by atoms with van der Waals surface area (Å²) in [6, 6.07) is 12.4. The maximum Gasteiger partial charge on any atom is 0.310 e. The molecule has 4 rings (SSSR count). The second kappa shape index (κ2) is 14.2. The van der Waals surface area contributed by atoms with Gasteiger partial charge in [0.15, 0.2) is 11.5 Å². The van der Waals surface area contributed by atoms with Crippen molar-refractivity contribution in [1.82, 2.24) is 14.8 Å². The number of nitrogens with zero attached hydrogens (tertiary/aromatic N) is 3. The maximum absolute atomic E-state index is 13.5. The number of rotatable bonds is 12. The van der Waals surface area contributed by atoms with E-state index in [-0.39, 0.29) is 23.6 Å². The maximum atomic E-state index is 13.5. The zero-order valence-electron chi connectivity index (χ0n) is 23.2. The molecule has 0 aliphatic carbocycles. The molecule has 1 aliphatic heterocycles. The first-order chi connectivity index (χ1) is 19.4. The van der Waals surface area contributed by atoms with Crippen LogP contribution in [-0.4, -0.2) is 67.1 Å². The molecule has 0 N–H and O–H groups in total. The van der Waals surface area contributed by atoms with Gasteiger partial charge in [-0.3, -0.25) is 14.5 Å². The topological polar surface area (TPSA) is 81.2 Å². The van der Waals surface area contributed by atoms with Crippen molar-refractivity contribution in [2.75, 3.05) is 40.5 Å². The fraction of sp³-hybridized carbons (Fsp3) is 0.433. The predicted octanol–water partition coefficient (Wildman–Crippen LogP) is 4.96. The van der Waals surface area contributed by atoms with Crippen LogP contribution in [0.5, 0.6) is 11.5 Å². The summed E-state index contributed by atoms with van der Waals surface area (Å²) >= 11 is 1.44. The van der Waals surface area contributed by atoms with Crippen molar-refractivity contribution in [2.24, 2.45) is 5.92 Å². The monoisotopic (exact) mass is 569 g/mol. The molecule has 1 aromatic heterocycles. The van der Waals surface area contributed by atoms with E-state index in [0.717, 1.165) is 35.4 Å². The number of carbonyl (C=O) groups excluding carboxylic acids is 2. The molecule has 1 aliphatic rings. The number of esters is 1. The van der Waals surface area contributed by atoms with Crippen molar-refractivity contribution >= 4 is 23.2 Å². The van der Waals surface area contributed by atoms with Crippen molar-refractivity contribution in [3.63, 3.8) is 0 Å². The molecule has 1 atom stereocenters. The largest absolute Gasteiger partial charge is 0.493 e. The van der Waals surface area contributed by atoms with Gasteiger partial charge in [-0.25, -0.2) is 9.37 Å². The van der Waals surface area contributed by atoms with E-state index in [9.17, 15) is 14.0 Å². The smallest absolute Gasteiger partial charge is 0.310 e. The molecule has 0 unspecified atom stereocenters. The Morgan fingerprint density at radius 2 is 1.82 bits per heavy atom. The Labute approximate surface area is 238 Å². The van der Waals surface area contributed by atoms with Gasteiger partial charge in [-0.1, -0.05) is 18.2 Å². The quantitative estimate of drug-likeness (QED) is 0.285. The molecule has 2 aromatic carbocycles. The zero-order chi connectivity index (χ0) is 28.5. The molecule has 2 heterocycles. The molecule has 1 amide bonds. The van der Waals surface area contributed by atoms with Gasteiger partial charge in [-0.15, -0.1) is 11.3 Å². The summed E-state index contributed by atoms with van der Waals surface area (Å²) in [6.45, 7) is 4.92. The standard InChI is InChI=1S/C30H36FN3O5S/c1-4-39-30(36)23-6-5-14-34(18-23)29(35)25-20-40-28(32-25)19-33(17-22-7-10-24(31)11-8-22)15-13-21-9-12-26(37-2)27(16-21)38-3/h7-12,16,20,23H,4-6,13-15,17-19H2,1-3H3/t23-/m1/s1. The fourth-order valence-electron chi connectivity index (χ4n) is 4.83. The lowest BCUT2D eigenvalue weighted by molar-refractivity contribution is -0.149. The van der Waals surface area contributed by atoms with Gasteiger partial charge in [0.1, 0.15) is 16.5 Å². The fourth-order valence-corrected chi connectivity index (χ4v) is 5.64. The van der Waals surface area contributed by atoms with Crippen LogP contribution < -0.4 is 9.47 Å². The number of ether oxygens (including phenoxy) is 3. The number of likely N-dealkylation sites (tertiary alicyclic amines) is 1. The van der Waals surface area contributed by atoms with Crippen molar-refractivity contribution in [2.45, 2.75) is 39.3 Å². The molecule has 214 valence electrons. The third kappa shape index (κ3) is 7.79. The van der Waals surface area contributed by atoms with Gasteiger partial charge in [0.05, 0.1) is 33.3 Å². The van der Waals surface area contributed by atoms with Gasteiger partial charge in [-0.05, 0) is 61.6 Å². The van der Waals surface area contributed by atoms with Gasteiger partial charge < -0.3 is 19.1 Å². The van der Waals surface area contributed by atoms with Crippen LogP contribution in [-0.2, 0) is 29.0 Å². The molecule has 1 saturated heterocycles. The molecule has 3 aromatic rings. The summed E-state index contributed by atoms with van der Waals surface area (Å²) in [5.74, 6) is 0.384. The number of amides is 1. The molecule has 1 fully saturated rings. The van der Waals surface area contributed by atoms with Crippen LogP contribution in [0, 0.1) is 11.7 Å². The number of carbonyl (C=O) groups is 2. The van der Waals surface area contributed by atoms with Crippen molar-refractivity contribution in [3.05, 3.63) is 75.5 Å². The van der Waals surface area contributed by atoms with Crippen LogP contribution in [0.3, 0.4) is 0 Å². The summed E-state index contributed by atoms with van der Waals surface area (Å²) in [5.41, 5.74) is 2.48. The van der Waals surface area contributed by atoms with Crippen LogP contribution in [0.1, 0.15) is 46.4 Å². The lowest BCUT2D eigenvalue weighted by Gasteiger charge is -2.31. The highest BCUT2D eigenvalue weighted by Gasteiger charge is 2.30. The van der Waals surface area contributed by atoms with Crippen LogP contribution in [0.2, 0.25) is 0 Å². The highest BCUT2D eigenvalue weighted by Crippen LogP contribution is 2.28. The van der Waals surface area contributed by atoms with Gasteiger partial charge in [0.2, 0.25) is 0 Å². The molecule has 0 bridgehead atoms. The Bertz CT molecular complexity index is 1280. The average Bonchev–Trinajstić information content (AvgIpc) is 3.45. The number of thiazole rings is 1.